The number of nitrogens with zero attached hydrogens (tertiary/aromatic N) is 2. The fourth-order valence-corrected chi connectivity index (χ4v) is 1.46. The van der Waals surface area contributed by atoms with Crippen molar-refractivity contribution in [1.29, 1.82) is 0 Å². The third-order valence-corrected chi connectivity index (χ3v) is 2.55. The number of hydrogen-bond acceptors (Lipinski definition) is 5. The van der Waals surface area contributed by atoms with Crippen molar-refractivity contribution in [2.75, 3.05) is 12.3 Å². The molecule has 0 amide bonds. The number of aryl methyl sites for hydroxylation is 1. The molecule has 12 heavy (non-hydrogen) atoms. The van der Waals surface area contributed by atoms with E-state index in [0.717, 1.165) is 5.75 Å². The molecule has 0 radical (unpaired) electrons. The summed E-state index contributed by atoms with van der Waals surface area (Å²) in [6.45, 7) is 4.57. The van der Waals surface area contributed by atoms with E-state index < -0.39 is 0 Å². The molecule has 0 fully saturated rings. The van der Waals surface area contributed by atoms with Gasteiger partial charge in [0.05, 0.1) is 0 Å². The predicted octanol–water partition coefficient (Wildman–Crippen LogP) is 1.06. The van der Waals surface area contributed by atoms with Crippen LogP contribution in [0, 0.1) is 12.8 Å². The summed E-state index contributed by atoms with van der Waals surface area (Å²) in [5.74, 6) is 2.03. The van der Waals surface area contributed by atoms with Crippen LogP contribution < -0.4 is 5.73 Å². The normalized spacial score (nSPS) is 13.2. The van der Waals surface area contributed by atoms with Crippen LogP contribution in [0.1, 0.15) is 12.8 Å². The van der Waals surface area contributed by atoms with Crippen molar-refractivity contribution < 1.29 is 4.42 Å². The number of hydrogen-bond donors (Lipinski definition) is 1. The molecule has 4 nitrogen and oxygen atoms in total. The third kappa shape index (κ3) is 2.83. The lowest BCUT2D eigenvalue weighted by atomic mass is 10.2. The van der Waals surface area contributed by atoms with E-state index >= 15 is 0 Å². The first kappa shape index (κ1) is 9.54. The molecule has 1 aromatic heterocycles. The minimum Gasteiger partial charge on any atom is -0.416 e. The van der Waals surface area contributed by atoms with Gasteiger partial charge in [0.2, 0.25) is 5.89 Å². The minimum atomic E-state index is 0.488. The van der Waals surface area contributed by atoms with Gasteiger partial charge in [-0.15, -0.1) is 10.2 Å². The summed E-state index contributed by atoms with van der Waals surface area (Å²) in [7, 11) is 0. The molecular formula is C7H13N3OS. The summed E-state index contributed by atoms with van der Waals surface area (Å²) < 4.78 is 5.18. The molecule has 0 aliphatic heterocycles. The van der Waals surface area contributed by atoms with Gasteiger partial charge in [-0.25, -0.2) is 0 Å². The Morgan fingerprint density at radius 3 is 2.83 bits per heavy atom. The zero-order valence-corrected chi connectivity index (χ0v) is 8.10. The van der Waals surface area contributed by atoms with Crippen LogP contribution in [0.2, 0.25) is 0 Å². The minimum absolute atomic E-state index is 0.488. The Hall–Kier alpha value is -0.550. The predicted molar refractivity (Wildman–Crippen MR) is 48.0 cm³/mol. The van der Waals surface area contributed by atoms with Gasteiger partial charge in [0.1, 0.15) is 0 Å². The summed E-state index contributed by atoms with van der Waals surface area (Å²) in [4.78, 5) is 0. The van der Waals surface area contributed by atoms with Gasteiger partial charge in [-0.2, -0.15) is 0 Å². The van der Waals surface area contributed by atoms with Crippen LogP contribution in [0.4, 0.5) is 0 Å². The molecule has 1 unspecified atom stereocenters. The first-order valence-corrected chi connectivity index (χ1v) is 4.84. The molecule has 1 aromatic rings. The van der Waals surface area contributed by atoms with E-state index in [4.69, 9.17) is 10.2 Å². The highest BCUT2D eigenvalue weighted by atomic mass is 32.2. The molecule has 1 heterocycles. The van der Waals surface area contributed by atoms with Crippen LogP contribution in [0.3, 0.4) is 0 Å². The van der Waals surface area contributed by atoms with E-state index in [1.165, 1.54) is 0 Å². The zero-order chi connectivity index (χ0) is 8.97. The van der Waals surface area contributed by atoms with Crippen LogP contribution in [-0.4, -0.2) is 22.5 Å². The lowest BCUT2D eigenvalue weighted by Crippen LogP contribution is -2.12. The maximum absolute atomic E-state index is 5.46. The van der Waals surface area contributed by atoms with Crippen molar-refractivity contribution in [2.24, 2.45) is 11.7 Å². The fourth-order valence-electron chi connectivity index (χ4n) is 0.618. The van der Waals surface area contributed by atoms with E-state index in [1.807, 2.05) is 0 Å². The number of aromatic nitrogens is 2. The average molecular weight is 187 g/mol. The van der Waals surface area contributed by atoms with Crippen molar-refractivity contribution in [3.05, 3.63) is 5.89 Å². The van der Waals surface area contributed by atoms with E-state index in [0.29, 0.717) is 23.6 Å². The monoisotopic (exact) mass is 187 g/mol. The molecular weight excluding hydrogens is 174 g/mol. The van der Waals surface area contributed by atoms with Gasteiger partial charge in [0.15, 0.2) is 0 Å². The second kappa shape index (κ2) is 4.47. The van der Waals surface area contributed by atoms with Crippen LogP contribution in [0.15, 0.2) is 9.64 Å². The summed E-state index contributed by atoms with van der Waals surface area (Å²) >= 11 is 1.55. The number of rotatable bonds is 4. The topological polar surface area (TPSA) is 64.9 Å². The van der Waals surface area contributed by atoms with Crippen molar-refractivity contribution in [2.45, 2.75) is 19.1 Å². The third-order valence-electron chi connectivity index (χ3n) is 1.40. The standard InChI is InChI=1S/C7H13N3OS/c1-5(3-8)4-12-7-10-9-6(2)11-7/h5H,3-4,8H2,1-2H3. The molecule has 2 N–H and O–H groups in total. The Labute approximate surface area is 75.9 Å². The fraction of sp³-hybridized carbons (Fsp3) is 0.714. The molecule has 0 saturated heterocycles. The first-order chi connectivity index (χ1) is 5.72. The molecule has 0 aliphatic rings. The molecule has 0 bridgehead atoms. The van der Waals surface area contributed by atoms with Gasteiger partial charge in [-0.3, -0.25) is 0 Å². The largest absolute Gasteiger partial charge is 0.416 e. The SMILES string of the molecule is Cc1nnc(SCC(C)CN)o1. The van der Waals surface area contributed by atoms with Gasteiger partial charge in [-0.05, 0) is 12.5 Å². The van der Waals surface area contributed by atoms with Crippen LogP contribution in [0.25, 0.3) is 0 Å². The van der Waals surface area contributed by atoms with Gasteiger partial charge >= 0.3 is 0 Å². The Bertz CT molecular complexity index is 238. The molecule has 0 aliphatic carbocycles. The molecule has 0 aromatic carbocycles. The maximum atomic E-state index is 5.46. The Morgan fingerprint density at radius 2 is 2.33 bits per heavy atom. The van der Waals surface area contributed by atoms with Crippen molar-refractivity contribution in [3.8, 4) is 0 Å². The van der Waals surface area contributed by atoms with Crippen molar-refractivity contribution in [3.63, 3.8) is 0 Å². The average Bonchev–Trinajstić information content (AvgIpc) is 2.47. The Kier molecular flexibility index (Phi) is 3.55. The van der Waals surface area contributed by atoms with E-state index in [9.17, 15) is 0 Å². The highest BCUT2D eigenvalue weighted by Crippen LogP contribution is 2.18. The lowest BCUT2D eigenvalue weighted by Gasteiger charge is -2.03. The molecule has 1 rings (SSSR count). The lowest BCUT2D eigenvalue weighted by molar-refractivity contribution is 0.428. The summed E-state index contributed by atoms with van der Waals surface area (Å²) in [5, 5.41) is 8.21. The molecule has 68 valence electrons. The molecule has 0 saturated carbocycles. The Morgan fingerprint density at radius 1 is 1.58 bits per heavy atom. The summed E-state index contributed by atoms with van der Waals surface area (Å²) in [6.07, 6.45) is 0. The molecule has 5 heteroatoms. The molecule has 1 atom stereocenters. The summed E-state index contributed by atoms with van der Waals surface area (Å²) in [6, 6.07) is 0. The van der Waals surface area contributed by atoms with Gasteiger partial charge in [-0.1, -0.05) is 18.7 Å². The summed E-state index contributed by atoms with van der Waals surface area (Å²) in [5.41, 5.74) is 5.46. The van der Waals surface area contributed by atoms with E-state index in [2.05, 4.69) is 17.1 Å². The zero-order valence-electron chi connectivity index (χ0n) is 7.28. The highest BCUT2D eigenvalue weighted by Gasteiger charge is 2.05. The second-order valence-electron chi connectivity index (χ2n) is 2.74. The first-order valence-electron chi connectivity index (χ1n) is 3.85. The van der Waals surface area contributed by atoms with E-state index in [1.54, 1.807) is 18.7 Å². The van der Waals surface area contributed by atoms with Gasteiger partial charge in [0.25, 0.3) is 5.22 Å². The van der Waals surface area contributed by atoms with Gasteiger partial charge in [0, 0.05) is 12.7 Å². The number of thioether (sulfide) groups is 1. The van der Waals surface area contributed by atoms with Gasteiger partial charge < -0.3 is 10.2 Å². The van der Waals surface area contributed by atoms with Crippen molar-refractivity contribution >= 4 is 11.8 Å². The quantitative estimate of drug-likeness (QED) is 0.714. The highest BCUT2D eigenvalue weighted by molar-refractivity contribution is 7.99. The number of nitrogens with two attached hydrogens (primary N) is 1. The molecule has 0 spiro atoms. The van der Waals surface area contributed by atoms with Crippen LogP contribution >= 0.6 is 11.8 Å². The van der Waals surface area contributed by atoms with E-state index in [-0.39, 0.29) is 0 Å². The van der Waals surface area contributed by atoms with Crippen LogP contribution in [0.5, 0.6) is 0 Å². The second-order valence-corrected chi connectivity index (χ2v) is 3.71. The maximum Gasteiger partial charge on any atom is 0.276 e. The smallest absolute Gasteiger partial charge is 0.276 e. The van der Waals surface area contributed by atoms with Crippen molar-refractivity contribution in [1.82, 2.24) is 10.2 Å². The van der Waals surface area contributed by atoms with Crippen LogP contribution in [-0.2, 0) is 0 Å². The Balaban J connectivity index is 2.33.